The Morgan fingerprint density at radius 3 is 2.74 bits per heavy atom. The molecule has 2 N–H and O–H groups in total. The van der Waals surface area contributed by atoms with E-state index < -0.39 is 10.9 Å². The molecule has 1 aromatic carbocycles. The fourth-order valence-corrected chi connectivity index (χ4v) is 1.46. The molecule has 0 saturated carbocycles. The predicted octanol–water partition coefficient (Wildman–Crippen LogP) is 2.13. The van der Waals surface area contributed by atoms with Gasteiger partial charge in [-0.2, -0.15) is 0 Å². The van der Waals surface area contributed by atoms with Crippen LogP contribution in [0.3, 0.4) is 0 Å². The molecule has 0 saturated heterocycles. The minimum absolute atomic E-state index is 0.0950. The van der Waals surface area contributed by atoms with Crippen LogP contribution in [0.25, 0.3) is 0 Å². The molecule has 0 radical (unpaired) electrons. The monoisotopic (exact) mass is 268 g/mol. The van der Waals surface area contributed by atoms with Crippen molar-refractivity contribution >= 4 is 17.3 Å². The molecule has 0 aliphatic heterocycles. The van der Waals surface area contributed by atoms with Crippen LogP contribution in [0.4, 0.5) is 11.4 Å². The number of benzene rings is 1. The minimum Gasteiger partial charge on any atom is -0.478 e. The van der Waals surface area contributed by atoms with E-state index in [2.05, 4.69) is 5.32 Å². The normalized spacial score (nSPS) is 10.5. The number of non-ortho nitro benzene ring substituents is 1. The van der Waals surface area contributed by atoms with Gasteiger partial charge in [0.2, 0.25) is 0 Å². The highest BCUT2D eigenvalue weighted by atomic mass is 16.6. The quantitative estimate of drug-likeness (QED) is 0.446. The van der Waals surface area contributed by atoms with Gasteiger partial charge < -0.3 is 15.2 Å². The Bertz CT molecular complexity index is 473. The summed E-state index contributed by atoms with van der Waals surface area (Å²) in [6.45, 7) is 4.65. The van der Waals surface area contributed by atoms with Gasteiger partial charge >= 0.3 is 5.97 Å². The molecule has 0 aliphatic carbocycles. The average molecular weight is 268 g/mol. The standard InChI is InChI=1S/C12H16N2O5/c1-8(2)19-6-5-13-11-4-3-9(14(17)18)7-10(11)12(15)16/h3-4,7-8,13H,5-6H2,1-2H3,(H,15,16). The number of rotatable bonds is 7. The summed E-state index contributed by atoms with van der Waals surface area (Å²) in [5.74, 6) is -1.21. The zero-order valence-corrected chi connectivity index (χ0v) is 10.8. The number of carbonyl (C=O) groups is 1. The van der Waals surface area contributed by atoms with Crippen molar-refractivity contribution < 1.29 is 19.6 Å². The van der Waals surface area contributed by atoms with Gasteiger partial charge in [-0.15, -0.1) is 0 Å². The number of nitrogens with zero attached hydrogens (tertiary/aromatic N) is 1. The van der Waals surface area contributed by atoms with E-state index in [0.29, 0.717) is 18.8 Å². The Kier molecular flexibility index (Phi) is 5.25. The molecular formula is C12H16N2O5. The Hall–Kier alpha value is -2.15. The molecule has 0 unspecified atom stereocenters. The van der Waals surface area contributed by atoms with Crippen LogP contribution in [0.1, 0.15) is 24.2 Å². The molecule has 0 bridgehead atoms. The van der Waals surface area contributed by atoms with E-state index in [1.54, 1.807) is 0 Å². The number of ether oxygens (including phenoxy) is 1. The first-order chi connectivity index (χ1) is 8.91. The van der Waals surface area contributed by atoms with Crippen molar-refractivity contribution in [2.75, 3.05) is 18.5 Å². The molecule has 7 heteroatoms. The molecule has 19 heavy (non-hydrogen) atoms. The van der Waals surface area contributed by atoms with E-state index in [9.17, 15) is 14.9 Å². The maximum Gasteiger partial charge on any atom is 0.338 e. The number of anilines is 1. The van der Waals surface area contributed by atoms with Crippen molar-refractivity contribution in [2.45, 2.75) is 20.0 Å². The van der Waals surface area contributed by atoms with E-state index in [-0.39, 0.29) is 17.4 Å². The van der Waals surface area contributed by atoms with Crippen molar-refractivity contribution in [1.29, 1.82) is 0 Å². The summed E-state index contributed by atoms with van der Waals surface area (Å²) < 4.78 is 5.31. The summed E-state index contributed by atoms with van der Waals surface area (Å²) in [6.07, 6.45) is 0.0950. The van der Waals surface area contributed by atoms with Crippen LogP contribution in [0.15, 0.2) is 18.2 Å². The lowest BCUT2D eigenvalue weighted by Crippen LogP contribution is -2.15. The van der Waals surface area contributed by atoms with Crippen LogP contribution in [0.5, 0.6) is 0 Å². The zero-order chi connectivity index (χ0) is 14.4. The van der Waals surface area contributed by atoms with Gasteiger partial charge in [0, 0.05) is 24.4 Å². The highest BCUT2D eigenvalue weighted by Gasteiger charge is 2.15. The molecule has 0 spiro atoms. The van der Waals surface area contributed by atoms with E-state index in [4.69, 9.17) is 9.84 Å². The van der Waals surface area contributed by atoms with Crippen LogP contribution in [-0.4, -0.2) is 35.3 Å². The molecule has 7 nitrogen and oxygen atoms in total. The van der Waals surface area contributed by atoms with Crippen LogP contribution in [0, 0.1) is 10.1 Å². The Morgan fingerprint density at radius 2 is 2.21 bits per heavy atom. The third-order valence-corrected chi connectivity index (χ3v) is 2.31. The van der Waals surface area contributed by atoms with E-state index in [0.717, 1.165) is 6.07 Å². The molecule has 0 amide bonds. The number of aromatic carboxylic acids is 1. The lowest BCUT2D eigenvalue weighted by Gasteiger charge is -2.11. The Morgan fingerprint density at radius 1 is 1.53 bits per heavy atom. The number of carboxylic acids is 1. The minimum atomic E-state index is -1.21. The first-order valence-corrected chi connectivity index (χ1v) is 5.79. The van der Waals surface area contributed by atoms with E-state index >= 15 is 0 Å². The second-order valence-electron chi connectivity index (χ2n) is 4.14. The number of hydrogen-bond acceptors (Lipinski definition) is 5. The molecule has 104 valence electrons. The largest absolute Gasteiger partial charge is 0.478 e. The summed E-state index contributed by atoms with van der Waals surface area (Å²) in [7, 11) is 0. The summed E-state index contributed by atoms with van der Waals surface area (Å²) in [5, 5.41) is 22.5. The van der Waals surface area contributed by atoms with Crippen molar-refractivity contribution in [2.24, 2.45) is 0 Å². The number of hydrogen-bond donors (Lipinski definition) is 2. The van der Waals surface area contributed by atoms with Crippen molar-refractivity contribution in [3.8, 4) is 0 Å². The zero-order valence-electron chi connectivity index (χ0n) is 10.8. The van der Waals surface area contributed by atoms with Gasteiger partial charge in [-0.25, -0.2) is 4.79 Å². The molecule has 0 aromatic heterocycles. The summed E-state index contributed by atoms with van der Waals surface area (Å²) in [6, 6.07) is 3.68. The van der Waals surface area contributed by atoms with E-state index in [1.165, 1.54) is 12.1 Å². The van der Waals surface area contributed by atoms with Gasteiger partial charge in [-0.3, -0.25) is 10.1 Å². The Balaban J connectivity index is 2.77. The van der Waals surface area contributed by atoms with Crippen LogP contribution < -0.4 is 5.32 Å². The fraction of sp³-hybridized carbons (Fsp3) is 0.417. The summed E-state index contributed by atoms with van der Waals surface area (Å²) in [4.78, 5) is 21.0. The first-order valence-electron chi connectivity index (χ1n) is 5.79. The maximum atomic E-state index is 11.0. The van der Waals surface area contributed by atoms with Crippen molar-refractivity contribution in [3.63, 3.8) is 0 Å². The molecule has 1 aromatic rings. The predicted molar refractivity (Wildman–Crippen MR) is 69.6 cm³/mol. The maximum absolute atomic E-state index is 11.0. The van der Waals surface area contributed by atoms with E-state index in [1.807, 2.05) is 13.8 Å². The van der Waals surface area contributed by atoms with Gasteiger partial charge in [0.15, 0.2) is 0 Å². The van der Waals surface area contributed by atoms with Crippen LogP contribution in [0.2, 0.25) is 0 Å². The van der Waals surface area contributed by atoms with Gasteiger partial charge in [0.1, 0.15) is 0 Å². The summed E-state index contributed by atoms with van der Waals surface area (Å²) in [5.41, 5.74) is -0.0365. The van der Waals surface area contributed by atoms with Gasteiger partial charge in [-0.05, 0) is 19.9 Å². The molecule has 0 aliphatic rings. The first kappa shape index (κ1) is 14.9. The number of nitro benzene ring substituents is 1. The highest BCUT2D eigenvalue weighted by Crippen LogP contribution is 2.22. The fourth-order valence-electron chi connectivity index (χ4n) is 1.46. The van der Waals surface area contributed by atoms with Crippen LogP contribution in [-0.2, 0) is 4.74 Å². The molecule has 0 fully saturated rings. The average Bonchev–Trinajstić information content (AvgIpc) is 2.34. The van der Waals surface area contributed by atoms with Crippen molar-refractivity contribution in [1.82, 2.24) is 0 Å². The smallest absolute Gasteiger partial charge is 0.338 e. The topological polar surface area (TPSA) is 102 Å². The summed E-state index contributed by atoms with van der Waals surface area (Å²) >= 11 is 0. The lowest BCUT2D eigenvalue weighted by molar-refractivity contribution is -0.384. The third-order valence-electron chi connectivity index (χ3n) is 2.31. The third kappa shape index (κ3) is 4.55. The SMILES string of the molecule is CC(C)OCCNc1ccc([N+](=O)[O-])cc1C(=O)O. The van der Waals surface area contributed by atoms with Crippen molar-refractivity contribution in [3.05, 3.63) is 33.9 Å². The molecule has 0 heterocycles. The van der Waals surface area contributed by atoms with Crippen LogP contribution >= 0.6 is 0 Å². The lowest BCUT2D eigenvalue weighted by atomic mass is 10.1. The number of carboxylic acid groups (broad SMARTS) is 1. The second-order valence-corrected chi connectivity index (χ2v) is 4.14. The van der Waals surface area contributed by atoms with Gasteiger partial charge in [-0.1, -0.05) is 0 Å². The van der Waals surface area contributed by atoms with Gasteiger partial charge in [0.05, 0.1) is 23.2 Å². The number of nitro groups is 1. The molecule has 0 atom stereocenters. The molecule has 1 rings (SSSR count). The number of nitrogens with one attached hydrogen (secondary N) is 1. The molecular weight excluding hydrogens is 252 g/mol. The Labute approximate surface area is 110 Å². The second kappa shape index (κ2) is 6.69. The van der Waals surface area contributed by atoms with Gasteiger partial charge in [0.25, 0.3) is 5.69 Å². The highest BCUT2D eigenvalue weighted by molar-refractivity contribution is 5.95.